The molecule has 0 saturated carbocycles. The molecule has 0 aliphatic carbocycles. The van der Waals surface area contributed by atoms with Gasteiger partial charge in [0.05, 0.1) is 11.7 Å². The molecule has 2 aromatic rings. The van der Waals surface area contributed by atoms with Gasteiger partial charge in [-0.3, -0.25) is 9.97 Å². The van der Waals surface area contributed by atoms with Crippen molar-refractivity contribution in [2.75, 3.05) is 6.54 Å². The van der Waals surface area contributed by atoms with Gasteiger partial charge in [-0.15, -0.1) is 0 Å². The van der Waals surface area contributed by atoms with Gasteiger partial charge in [0.2, 0.25) is 0 Å². The fourth-order valence-electron chi connectivity index (χ4n) is 1.91. The van der Waals surface area contributed by atoms with E-state index in [1.165, 1.54) is 0 Å². The molecule has 1 atom stereocenters. The summed E-state index contributed by atoms with van der Waals surface area (Å²) in [5, 5.41) is 3.53. The van der Waals surface area contributed by atoms with Crippen molar-refractivity contribution in [1.82, 2.24) is 15.3 Å². The minimum absolute atomic E-state index is 0.237. The van der Waals surface area contributed by atoms with Crippen LogP contribution in [0.4, 0.5) is 0 Å². The predicted octanol–water partition coefficient (Wildman–Crippen LogP) is 2.76. The van der Waals surface area contributed by atoms with Gasteiger partial charge in [-0.1, -0.05) is 19.1 Å². The van der Waals surface area contributed by atoms with Gasteiger partial charge in [-0.05, 0) is 37.2 Å². The second kappa shape index (κ2) is 6.87. The number of hydrogen-bond acceptors (Lipinski definition) is 3. The van der Waals surface area contributed by atoms with Crippen LogP contribution in [0, 0.1) is 0 Å². The minimum atomic E-state index is 0.237. The maximum atomic E-state index is 4.44. The molecule has 1 N–H and O–H groups in total. The first-order chi connectivity index (χ1) is 8.90. The van der Waals surface area contributed by atoms with Crippen LogP contribution in [0.1, 0.15) is 30.8 Å². The maximum Gasteiger partial charge on any atom is 0.0577 e. The summed E-state index contributed by atoms with van der Waals surface area (Å²) in [6.45, 7) is 3.16. The van der Waals surface area contributed by atoms with Crippen molar-refractivity contribution in [3.05, 3.63) is 60.2 Å². The zero-order chi connectivity index (χ0) is 12.6. The minimum Gasteiger partial charge on any atom is -0.308 e. The Morgan fingerprint density at radius 3 is 2.44 bits per heavy atom. The fraction of sp³-hybridized carbons (Fsp3) is 0.333. The first kappa shape index (κ1) is 12.7. The van der Waals surface area contributed by atoms with Gasteiger partial charge < -0.3 is 5.32 Å². The second-order valence-electron chi connectivity index (χ2n) is 4.29. The Balaban J connectivity index is 2.10. The van der Waals surface area contributed by atoms with Crippen molar-refractivity contribution in [1.29, 1.82) is 0 Å². The Bertz CT molecular complexity index is 442. The normalized spacial score (nSPS) is 12.3. The molecule has 3 nitrogen and oxygen atoms in total. The van der Waals surface area contributed by atoms with Gasteiger partial charge in [0, 0.05) is 24.5 Å². The molecule has 0 radical (unpaired) electrons. The summed E-state index contributed by atoms with van der Waals surface area (Å²) in [6.07, 6.45) is 5.67. The molecular formula is C15H19N3. The van der Waals surface area contributed by atoms with Gasteiger partial charge in [0.15, 0.2) is 0 Å². The third-order valence-corrected chi connectivity index (χ3v) is 2.82. The Labute approximate surface area is 108 Å². The molecule has 94 valence electrons. The number of rotatable bonds is 6. The number of aromatic nitrogens is 2. The molecule has 0 aromatic carbocycles. The molecule has 0 bridgehead atoms. The largest absolute Gasteiger partial charge is 0.308 e. The van der Waals surface area contributed by atoms with Crippen LogP contribution in [0.2, 0.25) is 0 Å². The number of hydrogen-bond donors (Lipinski definition) is 1. The highest BCUT2D eigenvalue weighted by Crippen LogP contribution is 2.14. The topological polar surface area (TPSA) is 37.8 Å². The number of pyridine rings is 2. The summed E-state index contributed by atoms with van der Waals surface area (Å²) in [4.78, 5) is 8.82. The first-order valence-corrected chi connectivity index (χ1v) is 6.44. The lowest BCUT2D eigenvalue weighted by atomic mass is 10.1. The molecular weight excluding hydrogens is 222 g/mol. The van der Waals surface area contributed by atoms with E-state index >= 15 is 0 Å². The van der Waals surface area contributed by atoms with Crippen molar-refractivity contribution in [3.8, 4) is 0 Å². The third-order valence-electron chi connectivity index (χ3n) is 2.82. The third kappa shape index (κ3) is 3.64. The van der Waals surface area contributed by atoms with Crippen LogP contribution in [0.25, 0.3) is 0 Å². The van der Waals surface area contributed by atoms with Crippen molar-refractivity contribution in [2.45, 2.75) is 25.8 Å². The van der Waals surface area contributed by atoms with Crippen molar-refractivity contribution < 1.29 is 0 Å². The highest BCUT2D eigenvalue weighted by Gasteiger charge is 2.12. The van der Waals surface area contributed by atoms with E-state index in [0.717, 1.165) is 30.8 Å². The van der Waals surface area contributed by atoms with Crippen LogP contribution >= 0.6 is 0 Å². The monoisotopic (exact) mass is 241 g/mol. The molecule has 3 heteroatoms. The zero-order valence-corrected chi connectivity index (χ0v) is 10.7. The number of nitrogens with one attached hydrogen (secondary N) is 1. The Morgan fingerprint density at radius 2 is 1.83 bits per heavy atom. The zero-order valence-electron chi connectivity index (χ0n) is 10.7. The van der Waals surface area contributed by atoms with Crippen LogP contribution in [-0.2, 0) is 6.42 Å². The van der Waals surface area contributed by atoms with E-state index in [2.05, 4.69) is 34.3 Å². The van der Waals surface area contributed by atoms with Crippen LogP contribution in [-0.4, -0.2) is 16.5 Å². The highest BCUT2D eigenvalue weighted by molar-refractivity contribution is 5.13. The molecule has 2 heterocycles. The molecule has 18 heavy (non-hydrogen) atoms. The molecule has 0 aliphatic heterocycles. The summed E-state index contributed by atoms with van der Waals surface area (Å²) in [5.74, 6) is 0. The predicted molar refractivity (Wildman–Crippen MR) is 73.2 cm³/mol. The molecule has 0 amide bonds. The highest BCUT2D eigenvalue weighted by atomic mass is 14.9. The lowest BCUT2D eigenvalue weighted by Gasteiger charge is -2.17. The quantitative estimate of drug-likeness (QED) is 0.845. The lowest BCUT2D eigenvalue weighted by Crippen LogP contribution is -2.25. The SMILES string of the molecule is CCCNC(Cc1ccccn1)c1ccccn1. The average molecular weight is 241 g/mol. The van der Waals surface area contributed by atoms with Crippen molar-refractivity contribution >= 4 is 0 Å². The van der Waals surface area contributed by atoms with Gasteiger partial charge in [0.25, 0.3) is 0 Å². The van der Waals surface area contributed by atoms with E-state index < -0.39 is 0 Å². The first-order valence-electron chi connectivity index (χ1n) is 6.44. The van der Waals surface area contributed by atoms with E-state index in [0.29, 0.717) is 0 Å². The van der Waals surface area contributed by atoms with E-state index in [4.69, 9.17) is 0 Å². The van der Waals surface area contributed by atoms with Crippen LogP contribution in [0.15, 0.2) is 48.8 Å². The van der Waals surface area contributed by atoms with E-state index in [9.17, 15) is 0 Å². The van der Waals surface area contributed by atoms with Gasteiger partial charge in [-0.2, -0.15) is 0 Å². The Hall–Kier alpha value is -1.74. The van der Waals surface area contributed by atoms with Crippen molar-refractivity contribution in [2.24, 2.45) is 0 Å². The van der Waals surface area contributed by atoms with Crippen LogP contribution in [0.5, 0.6) is 0 Å². The molecule has 1 unspecified atom stereocenters. The second-order valence-corrected chi connectivity index (χ2v) is 4.29. The summed E-state index contributed by atoms with van der Waals surface area (Å²) in [5.41, 5.74) is 2.17. The van der Waals surface area contributed by atoms with Crippen molar-refractivity contribution in [3.63, 3.8) is 0 Å². The summed E-state index contributed by atoms with van der Waals surface area (Å²) in [7, 11) is 0. The van der Waals surface area contributed by atoms with Crippen LogP contribution in [0.3, 0.4) is 0 Å². The van der Waals surface area contributed by atoms with E-state index in [-0.39, 0.29) is 6.04 Å². The summed E-state index contributed by atoms with van der Waals surface area (Å²) < 4.78 is 0. The van der Waals surface area contributed by atoms with Crippen LogP contribution < -0.4 is 5.32 Å². The van der Waals surface area contributed by atoms with Gasteiger partial charge in [-0.25, -0.2) is 0 Å². The molecule has 0 aliphatic rings. The summed E-state index contributed by atoms with van der Waals surface area (Å²) >= 11 is 0. The molecule has 0 saturated heterocycles. The Kier molecular flexibility index (Phi) is 4.85. The number of nitrogens with zero attached hydrogens (tertiary/aromatic N) is 2. The summed E-state index contributed by atoms with van der Waals surface area (Å²) in [6, 6.07) is 12.3. The molecule has 2 aromatic heterocycles. The van der Waals surface area contributed by atoms with E-state index in [1.54, 1.807) is 0 Å². The standard InChI is InChI=1S/C15H19N3/c1-2-9-17-15(14-8-4-6-11-18-14)12-13-7-3-5-10-16-13/h3-8,10-11,15,17H,2,9,12H2,1H3. The fourth-order valence-corrected chi connectivity index (χ4v) is 1.91. The molecule has 0 spiro atoms. The van der Waals surface area contributed by atoms with E-state index in [1.807, 2.05) is 36.7 Å². The van der Waals surface area contributed by atoms with Gasteiger partial charge >= 0.3 is 0 Å². The Morgan fingerprint density at radius 1 is 1.06 bits per heavy atom. The smallest absolute Gasteiger partial charge is 0.0577 e. The maximum absolute atomic E-state index is 4.44. The molecule has 0 fully saturated rings. The average Bonchev–Trinajstić information content (AvgIpc) is 2.45. The van der Waals surface area contributed by atoms with Gasteiger partial charge in [0.1, 0.15) is 0 Å². The lowest BCUT2D eigenvalue weighted by molar-refractivity contribution is 0.513. The molecule has 2 rings (SSSR count).